The van der Waals surface area contributed by atoms with Gasteiger partial charge in [-0.1, -0.05) is 206 Å². The van der Waals surface area contributed by atoms with E-state index in [-0.39, 0.29) is 62.4 Å². The molecule has 0 heterocycles. The van der Waals surface area contributed by atoms with Gasteiger partial charge >= 0.3 is 37.7 Å². The van der Waals surface area contributed by atoms with Gasteiger partial charge in [-0.05, 0) is 25.7 Å². The standard InChI is InChI=1S/2C23H47NO4S.Ca/c2*1-3-4-5-6-7-8-9-10-11-12-13-14-15-16-17-18-20-23(25)24(2)21-19-22-29(26,27)28;/h2*3-22H2,1-2H3,(H,26,27,28);/q;;+2/p-2. The fraction of sp³-hybridized carbons (Fsp3) is 0.957. The van der Waals surface area contributed by atoms with Crippen molar-refractivity contribution in [1.29, 1.82) is 0 Å². The zero-order valence-electron chi connectivity index (χ0n) is 39.0. The minimum atomic E-state index is -4.18. The second-order valence-electron chi connectivity index (χ2n) is 17.0. The van der Waals surface area contributed by atoms with Gasteiger partial charge < -0.3 is 18.9 Å². The molecule has 13 heteroatoms. The van der Waals surface area contributed by atoms with Crippen molar-refractivity contribution in [3.8, 4) is 0 Å². The summed E-state index contributed by atoms with van der Waals surface area (Å²) in [5, 5.41) is 0. The van der Waals surface area contributed by atoms with E-state index in [9.17, 15) is 35.5 Å². The maximum absolute atomic E-state index is 11.9. The van der Waals surface area contributed by atoms with E-state index in [1.807, 2.05) is 0 Å². The SMILES string of the molecule is CCCCCCCCCCCCCCCCCCC(=O)N(C)CCCS(=O)(=O)[O-].CCCCCCCCCCCCCCCCCCC(=O)N(C)CCCS(=O)(=O)[O-].[Ca+2]. The predicted molar refractivity (Wildman–Crippen MR) is 248 cm³/mol. The van der Waals surface area contributed by atoms with Gasteiger partial charge in [0, 0.05) is 51.5 Å². The molecule has 0 radical (unpaired) electrons. The van der Waals surface area contributed by atoms with Gasteiger partial charge in [0.15, 0.2) is 0 Å². The van der Waals surface area contributed by atoms with Gasteiger partial charge in [0.05, 0.1) is 20.2 Å². The maximum atomic E-state index is 11.9. The first-order valence-electron chi connectivity index (χ1n) is 24.1. The van der Waals surface area contributed by atoms with Crippen LogP contribution in [0.1, 0.15) is 245 Å². The Morgan fingerprint density at radius 3 is 0.729 bits per heavy atom. The van der Waals surface area contributed by atoms with Crippen molar-refractivity contribution >= 4 is 69.8 Å². The summed E-state index contributed by atoms with van der Waals surface area (Å²) in [6.45, 7) is 5.19. The Hall–Kier alpha value is 0.0197. The van der Waals surface area contributed by atoms with Crippen LogP contribution in [0.15, 0.2) is 0 Å². The molecule has 0 aliphatic rings. The van der Waals surface area contributed by atoms with Crippen LogP contribution >= 0.6 is 0 Å². The number of hydrogen-bond donors (Lipinski definition) is 0. The molecule has 0 saturated carbocycles. The number of amides is 2. The third kappa shape index (κ3) is 54.1. The van der Waals surface area contributed by atoms with E-state index in [1.54, 1.807) is 14.1 Å². The first-order valence-corrected chi connectivity index (χ1v) is 27.2. The van der Waals surface area contributed by atoms with Gasteiger partial charge in [-0.3, -0.25) is 9.59 Å². The van der Waals surface area contributed by atoms with Crippen LogP contribution in [0, 0.1) is 0 Å². The van der Waals surface area contributed by atoms with E-state index < -0.39 is 31.7 Å². The number of hydrogen-bond acceptors (Lipinski definition) is 8. The summed E-state index contributed by atoms with van der Waals surface area (Å²) in [6, 6.07) is 0. The quantitative estimate of drug-likeness (QED) is 0.0333. The summed E-state index contributed by atoms with van der Waals surface area (Å²) >= 11 is 0. The maximum Gasteiger partial charge on any atom is 2.00 e. The first kappa shape index (κ1) is 63.3. The van der Waals surface area contributed by atoms with Crippen LogP contribution in [0.25, 0.3) is 0 Å². The Morgan fingerprint density at radius 2 is 0.542 bits per heavy atom. The largest absolute Gasteiger partial charge is 2.00 e. The number of nitrogens with zero attached hydrogens (tertiary/aromatic N) is 2. The van der Waals surface area contributed by atoms with Crippen LogP contribution in [0.4, 0.5) is 0 Å². The second kappa shape index (κ2) is 46.0. The van der Waals surface area contributed by atoms with Gasteiger partial charge in [0.25, 0.3) is 0 Å². The van der Waals surface area contributed by atoms with Crippen molar-refractivity contribution in [2.24, 2.45) is 0 Å². The molecule has 0 fully saturated rings. The van der Waals surface area contributed by atoms with E-state index in [2.05, 4.69) is 13.8 Å². The van der Waals surface area contributed by atoms with Crippen LogP contribution in [0.2, 0.25) is 0 Å². The van der Waals surface area contributed by atoms with Crippen LogP contribution in [0.3, 0.4) is 0 Å². The molecular formula is C46H92CaN2O8S2. The molecule has 0 aliphatic heterocycles. The number of unbranched alkanes of at least 4 members (excludes halogenated alkanes) is 30. The predicted octanol–water partition coefficient (Wildman–Crippen LogP) is 11.7. The second-order valence-corrected chi connectivity index (χ2v) is 20.0. The van der Waals surface area contributed by atoms with Gasteiger partial charge in [0.1, 0.15) is 0 Å². The summed E-state index contributed by atoms with van der Waals surface area (Å²) in [5.74, 6) is -0.717. The van der Waals surface area contributed by atoms with Crippen molar-refractivity contribution in [3.63, 3.8) is 0 Å². The summed E-state index contributed by atoms with van der Waals surface area (Å²) in [6.07, 6.45) is 43.4. The Bertz CT molecular complexity index is 1050. The fourth-order valence-electron chi connectivity index (χ4n) is 7.24. The summed E-state index contributed by atoms with van der Waals surface area (Å²) in [5.41, 5.74) is 0. The van der Waals surface area contributed by atoms with Gasteiger partial charge in [0.2, 0.25) is 11.8 Å². The Labute approximate surface area is 395 Å². The van der Waals surface area contributed by atoms with Crippen LogP contribution in [0.5, 0.6) is 0 Å². The Kier molecular flexibility index (Phi) is 49.4. The fourth-order valence-corrected chi connectivity index (χ4v) is 8.20. The molecule has 0 aliphatic carbocycles. The molecule has 0 aromatic carbocycles. The molecule has 0 atom stereocenters. The zero-order valence-corrected chi connectivity index (χ0v) is 42.8. The first-order chi connectivity index (χ1) is 27.7. The molecule has 10 nitrogen and oxygen atoms in total. The van der Waals surface area contributed by atoms with Crippen molar-refractivity contribution < 1.29 is 35.5 Å². The van der Waals surface area contributed by atoms with E-state index in [0.717, 1.165) is 25.7 Å². The Morgan fingerprint density at radius 1 is 0.356 bits per heavy atom. The molecule has 0 unspecified atom stereocenters. The smallest absolute Gasteiger partial charge is 0.748 e. The van der Waals surface area contributed by atoms with Crippen LogP contribution in [-0.4, -0.2) is 124 Å². The topological polar surface area (TPSA) is 155 Å². The molecular weight excluding hydrogens is 813 g/mol. The van der Waals surface area contributed by atoms with Crippen molar-refractivity contribution in [2.75, 3.05) is 38.7 Å². The van der Waals surface area contributed by atoms with E-state index >= 15 is 0 Å². The average Bonchev–Trinajstić information content (AvgIpc) is 3.16. The molecule has 0 aromatic rings. The van der Waals surface area contributed by atoms with Gasteiger partial charge in [-0.15, -0.1) is 0 Å². The average molecular weight is 905 g/mol. The molecule has 59 heavy (non-hydrogen) atoms. The summed E-state index contributed by atoms with van der Waals surface area (Å²) in [7, 11) is -5.01. The molecule has 0 rings (SSSR count). The molecule has 0 aromatic heterocycles. The number of carbonyl (C=O) groups excluding carboxylic acids is 2. The molecule has 0 saturated heterocycles. The van der Waals surface area contributed by atoms with Crippen LogP contribution < -0.4 is 0 Å². The van der Waals surface area contributed by atoms with Gasteiger partial charge in [-0.2, -0.15) is 0 Å². The van der Waals surface area contributed by atoms with Crippen molar-refractivity contribution in [1.82, 2.24) is 9.80 Å². The summed E-state index contributed by atoms with van der Waals surface area (Å²) in [4.78, 5) is 27.0. The van der Waals surface area contributed by atoms with E-state index in [4.69, 9.17) is 0 Å². The molecule has 0 bridgehead atoms. The number of carbonyl (C=O) groups is 2. The minimum Gasteiger partial charge on any atom is -0.748 e. The molecule has 0 spiro atoms. The molecule has 0 N–H and O–H groups in total. The minimum absolute atomic E-state index is 0. The number of rotatable bonds is 42. The zero-order chi connectivity index (χ0) is 43.6. The Balaban J connectivity index is -0.00000105. The third-order valence-electron chi connectivity index (χ3n) is 11.1. The van der Waals surface area contributed by atoms with E-state index in [0.29, 0.717) is 25.9 Å². The van der Waals surface area contributed by atoms with Crippen LogP contribution in [-0.2, 0) is 29.8 Å². The molecule has 348 valence electrons. The van der Waals surface area contributed by atoms with Crippen molar-refractivity contribution in [3.05, 3.63) is 0 Å². The van der Waals surface area contributed by atoms with E-state index in [1.165, 1.54) is 190 Å². The normalized spacial score (nSPS) is 11.5. The summed E-state index contributed by atoms with van der Waals surface area (Å²) < 4.78 is 63.4. The van der Waals surface area contributed by atoms with Crippen molar-refractivity contribution in [2.45, 2.75) is 245 Å². The molecule has 2 amide bonds. The monoisotopic (exact) mass is 905 g/mol. The third-order valence-corrected chi connectivity index (χ3v) is 12.7. The van der Waals surface area contributed by atoms with Gasteiger partial charge in [-0.25, -0.2) is 16.8 Å².